The zero-order valence-electron chi connectivity index (χ0n) is 22.1. The number of hydrogen-bond donors (Lipinski definition) is 4. The van der Waals surface area contributed by atoms with Gasteiger partial charge in [-0.25, -0.2) is 9.97 Å². The number of pyridine rings is 2. The molecule has 216 valence electrons. The molecule has 0 saturated heterocycles. The van der Waals surface area contributed by atoms with Gasteiger partial charge in [-0.1, -0.05) is 12.1 Å². The molecule has 0 atom stereocenters. The van der Waals surface area contributed by atoms with Crippen molar-refractivity contribution in [1.29, 1.82) is 0 Å². The number of rotatable bonds is 0. The second-order valence-electron chi connectivity index (χ2n) is 8.35. The van der Waals surface area contributed by atoms with Crippen LogP contribution >= 0.6 is 0 Å². The minimum atomic E-state index is -0.433. The molecule has 1 aliphatic rings. The van der Waals surface area contributed by atoms with Crippen molar-refractivity contribution >= 4 is 23.6 Å². The smallest absolute Gasteiger partial charge is 0.269 e. The van der Waals surface area contributed by atoms with Crippen LogP contribution < -0.4 is 21.3 Å². The summed E-state index contributed by atoms with van der Waals surface area (Å²) in [5.41, 5.74) is 0.471. The fourth-order valence-electron chi connectivity index (χ4n) is 3.32. The van der Waals surface area contributed by atoms with E-state index in [1.165, 1.54) is 24.3 Å². The average Bonchev–Trinajstić information content (AvgIpc) is 2.98. The summed E-state index contributed by atoms with van der Waals surface area (Å²) in [5.74, 6) is -1.68. The summed E-state index contributed by atoms with van der Waals surface area (Å²) in [5, 5.41) is 10.8. The first kappa shape index (κ1) is 30.6. The monoisotopic (exact) mass is 558 g/mol. The van der Waals surface area contributed by atoms with Crippen LogP contribution in [0.4, 0.5) is 0 Å². The molecule has 4 bridgehead atoms. The first-order valence-electron chi connectivity index (χ1n) is 12.9. The third-order valence-electron chi connectivity index (χ3n) is 5.31. The molecule has 4 N–H and O–H groups in total. The van der Waals surface area contributed by atoms with Crippen LogP contribution in [0.5, 0.6) is 0 Å². The fourth-order valence-corrected chi connectivity index (χ4v) is 3.32. The molecule has 0 unspecified atom stereocenters. The lowest BCUT2D eigenvalue weighted by molar-refractivity contribution is -0.0524. The van der Waals surface area contributed by atoms with Crippen molar-refractivity contribution in [1.82, 2.24) is 31.2 Å². The maximum Gasteiger partial charge on any atom is 0.269 e. The predicted octanol–water partition coefficient (Wildman–Crippen LogP) is -0.476. The van der Waals surface area contributed by atoms with Crippen LogP contribution in [-0.2, 0) is 18.9 Å². The molecule has 2 aromatic rings. The van der Waals surface area contributed by atoms with Gasteiger partial charge in [0.05, 0.1) is 39.6 Å². The van der Waals surface area contributed by atoms with E-state index in [1.54, 1.807) is 12.1 Å². The van der Waals surface area contributed by atoms with E-state index in [9.17, 15) is 19.2 Å². The van der Waals surface area contributed by atoms with Gasteiger partial charge in [-0.2, -0.15) is 0 Å². The molecule has 3 rings (SSSR count). The Morgan fingerprint density at radius 3 is 1.30 bits per heavy atom. The maximum atomic E-state index is 12.4. The number of nitrogens with one attached hydrogen (secondary N) is 4. The molecule has 1 aliphatic heterocycles. The quantitative estimate of drug-likeness (QED) is 0.330. The Morgan fingerprint density at radius 2 is 0.850 bits per heavy atom. The van der Waals surface area contributed by atoms with Gasteiger partial charge in [0.1, 0.15) is 29.6 Å². The van der Waals surface area contributed by atoms with Crippen LogP contribution in [0.1, 0.15) is 48.4 Å². The zero-order chi connectivity index (χ0) is 28.4. The Hall–Kier alpha value is -3.98. The van der Waals surface area contributed by atoms with E-state index in [4.69, 9.17) is 18.9 Å². The highest BCUT2D eigenvalue weighted by molar-refractivity contribution is 5.97. The van der Waals surface area contributed by atoms with Crippen molar-refractivity contribution in [2.45, 2.75) is 6.42 Å². The van der Waals surface area contributed by atoms with Crippen molar-refractivity contribution in [3.05, 3.63) is 59.2 Å². The number of carbonyl (C=O) groups is 4. The van der Waals surface area contributed by atoms with E-state index in [0.29, 0.717) is 32.8 Å². The third kappa shape index (κ3) is 11.0. The standard InChI is InChI=1S/C26H34N6O8/c33-23-19-4-1-5-20(31-19)24(34)28-9-13-37-16-17-38-14-10-29-25(35)21-6-2-7-22(32-21)26(36)30-11-15-40-18-39-12-3-8-27-23/h1-2,4-7H,3,8-18H2,(H,27,33)(H,28,34)(H,29,35)(H,30,36). The summed E-state index contributed by atoms with van der Waals surface area (Å²) in [4.78, 5) is 57.7. The second kappa shape index (κ2) is 17.6. The molecule has 0 aromatic carbocycles. The van der Waals surface area contributed by atoms with Gasteiger partial charge in [0.2, 0.25) is 0 Å². The third-order valence-corrected chi connectivity index (χ3v) is 5.31. The maximum absolute atomic E-state index is 12.4. The number of nitrogens with zero attached hydrogens (tertiary/aromatic N) is 2. The minimum Gasteiger partial charge on any atom is -0.377 e. The van der Waals surface area contributed by atoms with Gasteiger partial charge in [-0.3, -0.25) is 19.2 Å². The van der Waals surface area contributed by atoms with E-state index >= 15 is 0 Å². The van der Waals surface area contributed by atoms with Gasteiger partial charge in [-0.05, 0) is 30.7 Å². The van der Waals surface area contributed by atoms with Crippen molar-refractivity contribution in [3.8, 4) is 0 Å². The van der Waals surface area contributed by atoms with Gasteiger partial charge in [0.25, 0.3) is 23.6 Å². The molecule has 4 amide bonds. The Balaban J connectivity index is 1.49. The average molecular weight is 559 g/mol. The normalized spacial score (nSPS) is 18.4. The van der Waals surface area contributed by atoms with E-state index in [-0.39, 0.29) is 69.0 Å². The number of carbonyl (C=O) groups excluding carboxylic acids is 4. The number of amides is 4. The Morgan fingerprint density at radius 1 is 0.475 bits per heavy atom. The van der Waals surface area contributed by atoms with Crippen LogP contribution in [0.15, 0.2) is 36.4 Å². The minimum absolute atomic E-state index is 0.0190. The molecule has 0 radical (unpaired) electrons. The zero-order valence-corrected chi connectivity index (χ0v) is 22.1. The summed E-state index contributed by atoms with van der Waals surface area (Å²) < 4.78 is 21.6. The number of hydrogen-bond acceptors (Lipinski definition) is 10. The summed E-state index contributed by atoms with van der Waals surface area (Å²) in [6.45, 7) is 2.75. The summed E-state index contributed by atoms with van der Waals surface area (Å²) >= 11 is 0. The number of aromatic nitrogens is 2. The van der Waals surface area contributed by atoms with E-state index in [2.05, 4.69) is 31.2 Å². The summed E-state index contributed by atoms with van der Waals surface area (Å²) in [6, 6.07) is 9.25. The lowest BCUT2D eigenvalue weighted by Gasteiger charge is -2.10. The van der Waals surface area contributed by atoms with Gasteiger partial charge in [-0.15, -0.1) is 0 Å². The molecular weight excluding hydrogens is 524 g/mol. The highest BCUT2D eigenvalue weighted by atomic mass is 16.7. The van der Waals surface area contributed by atoms with Gasteiger partial charge >= 0.3 is 0 Å². The predicted molar refractivity (Wildman–Crippen MR) is 141 cm³/mol. The van der Waals surface area contributed by atoms with Crippen LogP contribution in [0.3, 0.4) is 0 Å². The summed E-state index contributed by atoms with van der Waals surface area (Å²) in [6.07, 6.45) is 0.534. The Labute approximate surface area is 231 Å². The molecule has 14 heteroatoms. The first-order valence-corrected chi connectivity index (χ1v) is 12.9. The molecule has 0 spiro atoms. The van der Waals surface area contributed by atoms with Gasteiger partial charge in [0, 0.05) is 26.2 Å². The first-order chi connectivity index (χ1) is 19.5. The second-order valence-corrected chi connectivity index (χ2v) is 8.35. The highest BCUT2D eigenvalue weighted by Crippen LogP contribution is 2.01. The Bertz CT molecular complexity index is 966. The van der Waals surface area contributed by atoms with Crippen molar-refractivity contribution < 1.29 is 38.1 Å². The topological polar surface area (TPSA) is 179 Å². The highest BCUT2D eigenvalue weighted by Gasteiger charge is 2.13. The van der Waals surface area contributed by atoms with Gasteiger partial charge in [0.15, 0.2) is 0 Å². The Kier molecular flexibility index (Phi) is 13.4. The van der Waals surface area contributed by atoms with Crippen molar-refractivity contribution in [3.63, 3.8) is 0 Å². The molecule has 0 fully saturated rings. The van der Waals surface area contributed by atoms with Crippen molar-refractivity contribution in [2.75, 3.05) is 72.6 Å². The SMILES string of the molecule is O=C1NCCCOCOCCNC(=O)c2cccc(n2)C(=O)NCCOCCOCCNC(=O)c2cccc1n2. The number of ether oxygens (including phenoxy) is 4. The molecule has 3 heterocycles. The molecule has 0 saturated carbocycles. The van der Waals surface area contributed by atoms with Crippen molar-refractivity contribution in [2.24, 2.45) is 0 Å². The molecule has 0 aliphatic carbocycles. The van der Waals surface area contributed by atoms with E-state index < -0.39 is 23.6 Å². The van der Waals surface area contributed by atoms with E-state index in [0.717, 1.165) is 0 Å². The largest absolute Gasteiger partial charge is 0.377 e. The molecule has 40 heavy (non-hydrogen) atoms. The molecule has 14 nitrogen and oxygen atoms in total. The lowest BCUT2D eigenvalue weighted by atomic mass is 10.2. The van der Waals surface area contributed by atoms with Crippen LogP contribution in [0, 0.1) is 0 Å². The van der Waals surface area contributed by atoms with E-state index in [1.807, 2.05) is 0 Å². The van der Waals surface area contributed by atoms with Crippen LogP contribution in [0.2, 0.25) is 0 Å². The summed E-state index contributed by atoms with van der Waals surface area (Å²) in [7, 11) is 0. The fraction of sp³-hybridized carbons (Fsp3) is 0.462. The lowest BCUT2D eigenvalue weighted by Crippen LogP contribution is -2.31. The van der Waals surface area contributed by atoms with Crippen LogP contribution in [0.25, 0.3) is 0 Å². The number of fused-ring (bicyclic) bond motifs is 4. The van der Waals surface area contributed by atoms with Crippen LogP contribution in [-0.4, -0.2) is 106 Å². The molecule has 2 aromatic heterocycles. The van der Waals surface area contributed by atoms with Gasteiger partial charge < -0.3 is 40.2 Å². The molecular formula is C26H34N6O8.